The zero-order valence-electron chi connectivity index (χ0n) is 12.9. The average Bonchev–Trinajstić information content (AvgIpc) is 3.05. The Morgan fingerprint density at radius 1 is 1.25 bits per heavy atom. The van der Waals surface area contributed by atoms with Crippen LogP contribution in [-0.4, -0.2) is 48.4 Å². The van der Waals surface area contributed by atoms with Crippen LogP contribution in [0.15, 0.2) is 42.6 Å². The summed E-state index contributed by atoms with van der Waals surface area (Å²) >= 11 is 0. The Morgan fingerprint density at radius 2 is 2.17 bits per heavy atom. The molecule has 8 nitrogen and oxygen atoms in total. The molecule has 1 saturated heterocycles. The molecule has 3 rings (SSSR count). The summed E-state index contributed by atoms with van der Waals surface area (Å²) in [6.07, 6.45) is 1.21. The van der Waals surface area contributed by atoms with Gasteiger partial charge in [0.2, 0.25) is 0 Å². The fourth-order valence-electron chi connectivity index (χ4n) is 2.31. The molecule has 2 aromatic rings. The fourth-order valence-corrected chi connectivity index (χ4v) is 2.31. The molecule has 1 fully saturated rings. The monoisotopic (exact) mass is 327 g/mol. The van der Waals surface area contributed by atoms with Gasteiger partial charge in [-0.15, -0.1) is 5.10 Å². The summed E-state index contributed by atoms with van der Waals surface area (Å²) in [5, 5.41) is 13.5. The molecule has 0 radical (unpaired) electrons. The van der Waals surface area contributed by atoms with Gasteiger partial charge in [-0.25, -0.2) is 4.79 Å². The zero-order chi connectivity index (χ0) is 16.8. The van der Waals surface area contributed by atoms with Crippen LogP contribution in [0.25, 0.3) is 0 Å². The van der Waals surface area contributed by atoms with Gasteiger partial charge in [0.15, 0.2) is 0 Å². The van der Waals surface area contributed by atoms with Crippen molar-refractivity contribution >= 4 is 23.5 Å². The number of nitrogens with one attached hydrogen (secondary N) is 2. The second-order valence-electron chi connectivity index (χ2n) is 5.11. The summed E-state index contributed by atoms with van der Waals surface area (Å²) in [5.74, 6) is 0.451. The molecule has 1 aromatic carbocycles. The van der Waals surface area contributed by atoms with Crippen molar-refractivity contribution in [1.29, 1.82) is 0 Å². The number of ether oxygens (including phenoxy) is 1. The largest absolute Gasteiger partial charge is 0.447 e. The van der Waals surface area contributed by atoms with Crippen molar-refractivity contribution < 1.29 is 14.3 Å². The van der Waals surface area contributed by atoms with E-state index in [0.717, 1.165) is 0 Å². The summed E-state index contributed by atoms with van der Waals surface area (Å²) < 4.78 is 4.91. The second-order valence-corrected chi connectivity index (χ2v) is 5.11. The van der Waals surface area contributed by atoms with Gasteiger partial charge >= 0.3 is 6.09 Å². The highest BCUT2D eigenvalue weighted by Crippen LogP contribution is 2.19. The topological polar surface area (TPSA) is 96.4 Å². The first kappa shape index (κ1) is 15.7. The third-order valence-corrected chi connectivity index (χ3v) is 3.47. The molecule has 2 N–H and O–H groups in total. The molecule has 24 heavy (non-hydrogen) atoms. The summed E-state index contributed by atoms with van der Waals surface area (Å²) in [6, 6.07) is 10.5. The smallest absolute Gasteiger partial charge is 0.414 e. The number of anilines is 2. The van der Waals surface area contributed by atoms with E-state index in [1.807, 2.05) is 0 Å². The van der Waals surface area contributed by atoms with Crippen molar-refractivity contribution in [3.63, 3.8) is 0 Å². The highest BCUT2D eigenvalue weighted by molar-refractivity contribution is 5.97. The lowest BCUT2D eigenvalue weighted by atomic mass is 10.1. The molecule has 124 valence electrons. The number of hydrogen-bond acceptors (Lipinski definition) is 6. The van der Waals surface area contributed by atoms with Crippen molar-refractivity contribution in [2.45, 2.75) is 0 Å². The van der Waals surface area contributed by atoms with E-state index in [2.05, 4.69) is 20.8 Å². The van der Waals surface area contributed by atoms with Gasteiger partial charge in [0.1, 0.15) is 12.4 Å². The first-order chi connectivity index (χ1) is 11.7. The number of nitrogens with zero attached hydrogens (tertiary/aromatic N) is 3. The van der Waals surface area contributed by atoms with Crippen molar-refractivity contribution in [3.05, 3.63) is 48.2 Å². The molecule has 0 unspecified atom stereocenters. The van der Waals surface area contributed by atoms with E-state index in [1.165, 1.54) is 4.90 Å². The molecule has 0 saturated carbocycles. The molecular weight excluding hydrogens is 310 g/mol. The number of rotatable bonds is 6. The number of aromatic nitrogens is 2. The Hall–Kier alpha value is -3.16. The Bertz CT molecular complexity index is 723. The Labute approximate surface area is 138 Å². The maximum atomic E-state index is 12.2. The maximum absolute atomic E-state index is 12.2. The SMILES string of the molecule is O=C(NCCNc1cccnn1)c1cccc(N2CCOC2=O)c1. The van der Waals surface area contributed by atoms with Crippen molar-refractivity contribution in [3.8, 4) is 0 Å². The number of benzene rings is 1. The molecule has 1 aliphatic rings. The van der Waals surface area contributed by atoms with Crippen molar-refractivity contribution in [2.24, 2.45) is 0 Å². The fraction of sp³-hybridized carbons (Fsp3) is 0.250. The van der Waals surface area contributed by atoms with E-state index in [-0.39, 0.29) is 12.0 Å². The molecule has 0 aliphatic carbocycles. The zero-order valence-corrected chi connectivity index (χ0v) is 12.9. The molecule has 8 heteroatoms. The van der Waals surface area contributed by atoms with E-state index in [0.29, 0.717) is 43.3 Å². The Balaban J connectivity index is 1.52. The van der Waals surface area contributed by atoms with Gasteiger partial charge in [-0.2, -0.15) is 5.10 Å². The third-order valence-electron chi connectivity index (χ3n) is 3.47. The summed E-state index contributed by atoms with van der Waals surface area (Å²) in [6.45, 7) is 1.82. The lowest BCUT2D eigenvalue weighted by molar-refractivity contribution is 0.0955. The van der Waals surface area contributed by atoms with Gasteiger partial charge in [0, 0.05) is 30.5 Å². The lowest BCUT2D eigenvalue weighted by Crippen LogP contribution is -2.29. The minimum atomic E-state index is -0.388. The van der Waals surface area contributed by atoms with Gasteiger partial charge in [0.25, 0.3) is 5.91 Å². The number of carbonyl (C=O) groups is 2. The first-order valence-electron chi connectivity index (χ1n) is 7.58. The van der Waals surface area contributed by atoms with Gasteiger partial charge in [0.05, 0.1) is 6.54 Å². The lowest BCUT2D eigenvalue weighted by Gasteiger charge is -2.14. The number of cyclic esters (lactones) is 1. The van der Waals surface area contributed by atoms with Crippen LogP contribution < -0.4 is 15.5 Å². The summed E-state index contributed by atoms with van der Waals surface area (Å²) in [7, 11) is 0. The minimum Gasteiger partial charge on any atom is -0.447 e. The molecule has 0 spiro atoms. The summed E-state index contributed by atoms with van der Waals surface area (Å²) in [5.41, 5.74) is 1.15. The van der Waals surface area contributed by atoms with Gasteiger partial charge in [-0.1, -0.05) is 6.07 Å². The van der Waals surface area contributed by atoms with Crippen molar-refractivity contribution in [2.75, 3.05) is 36.5 Å². The van der Waals surface area contributed by atoms with E-state index in [4.69, 9.17) is 4.74 Å². The van der Waals surface area contributed by atoms with Crippen molar-refractivity contribution in [1.82, 2.24) is 15.5 Å². The molecule has 2 heterocycles. The van der Waals surface area contributed by atoms with E-state index in [9.17, 15) is 9.59 Å². The highest BCUT2D eigenvalue weighted by atomic mass is 16.6. The van der Waals surface area contributed by atoms with Crippen LogP contribution >= 0.6 is 0 Å². The van der Waals surface area contributed by atoms with Crippen LogP contribution in [0.4, 0.5) is 16.3 Å². The molecule has 1 aromatic heterocycles. The van der Waals surface area contributed by atoms with E-state index in [1.54, 1.807) is 42.6 Å². The second kappa shape index (κ2) is 7.40. The van der Waals surface area contributed by atoms with E-state index < -0.39 is 0 Å². The average molecular weight is 327 g/mol. The molecule has 0 atom stereocenters. The normalized spacial score (nSPS) is 13.5. The Kier molecular flexibility index (Phi) is 4.85. The van der Waals surface area contributed by atoms with Crippen LogP contribution in [0.2, 0.25) is 0 Å². The predicted octanol–water partition coefficient (Wildman–Crippen LogP) is 1.28. The van der Waals surface area contributed by atoms with Gasteiger partial charge in [-0.3, -0.25) is 9.69 Å². The van der Waals surface area contributed by atoms with Crippen LogP contribution in [0, 0.1) is 0 Å². The van der Waals surface area contributed by atoms with Crippen LogP contribution in [0.5, 0.6) is 0 Å². The van der Waals surface area contributed by atoms with Crippen LogP contribution in [0.3, 0.4) is 0 Å². The number of amides is 2. The molecule has 0 bridgehead atoms. The minimum absolute atomic E-state index is 0.203. The highest BCUT2D eigenvalue weighted by Gasteiger charge is 2.23. The molecule has 2 amide bonds. The number of carbonyl (C=O) groups excluding carboxylic acids is 2. The summed E-state index contributed by atoms with van der Waals surface area (Å²) in [4.78, 5) is 25.3. The van der Waals surface area contributed by atoms with Crippen LogP contribution in [-0.2, 0) is 4.74 Å². The van der Waals surface area contributed by atoms with Gasteiger partial charge < -0.3 is 15.4 Å². The third kappa shape index (κ3) is 3.78. The number of hydrogen-bond donors (Lipinski definition) is 2. The quantitative estimate of drug-likeness (QED) is 0.776. The molecule has 1 aliphatic heterocycles. The predicted molar refractivity (Wildman–Crippen MR) is 88.0 cm³/mol. The Morgan fingerprint density at radius 3 is 2.92 bits per heavy atom. The maximum Gasteiger partial charge on any atom is 0.414 e. The first-order valence-corrected chi connectivity index (χ1v) is 7.58. The van der Waals surface area contributed by atoms with E-state index >= 15 is 0 Å². The molecular formula is C16H17N5O3. The van der Waals surface area contributed by atoms with Gasteiger partial charge in [-0.05, 0) is 30.3 Å². The van der Waals surface area contributed by atoms with Crippen LogP contribution in [0.1, 0.15) is 10.4 Å². The standard InChI is InChI=1S/C16H17N5O3/c22-15(18-8-7-17-14-5-2-6-19-20-14)12-3-1-4-13(11-12)21-9-10-24-16(21)23/h1-6,11H,7-10H2,(H,17,20)(H,18,22).